The van der Waals surface area contributed by atoms with Crippen LogP contribution in [0.25, 0.3) is 11.3 Å². The number of halogens is 2. The number of anilines is 1. The van der Waals surface area contributed by atoms with E-state index in [0.29, 0.717) is 27.0 Å². The Morgan fingerprint density at radius 3 is 2.53 bits per heavy atom. The van der Waals surface area contributed by atoms with Crippen LogP contribution in [-0.2, 0) is 11.3 Å². The number of carbonyl (C=O) groups excluding carboxylic acids is 2. The van der Waals surface area contributed by atoms with E-state index in [4.69, 9.17) is 23.2 Å². The zero-order valence-electron chi connectivity index (χ0n) is 15.5. The van der Waals surface area contributed by atoms with Crippen molar-refractivity contribution >= 4 is 40.8 Å². The standard InChI is InChI=1S/C20H16Cl2N6O2/c21-16-7-6-15(10-17(16)22)24-20(30)26-25-18(29)8-9-28-12-14(11-23)19(27-28)13-4-2-1-3-5-13/h1-7,10,12H,8-9H2,(H,25,29)(H2,24,26,30). The molecule has 152 valence electrons. The Labute approximate surface area is 182 Å². The summed E-state index contributed by atoms with van der Waals surface area (Å²) < 4.78 is 1.52. The van der Waals surface area contributed by atoms with Crippen molar-refractivity contribution < 1.29 is 9.59 Å². The molecule has 0 unspecified atom stereocenters. The van der Waals surface area contributed by atoms with Gasteiger partial charge in [-0.25, -0.2) is 10.2 Å². The molecule has 0 aliphatic heterocycles. The van der Waals surface area contributed by atoms with E-state index in [1.807, 2.05) is 30.3 Å². The molecule has 3 rings (SSSR count). The molecular formula is C20H16Cl2N6O2. The van der Waals surface area contributed by atoms with Crippen LogP contribution >= 0.6 is 23.2 Å². The van der Waals surface area contributed by atoms with Crippen molar-refractivity contribution in [2.75, 3.05) is 5.32 Å². The van der Waals surface area contributed by atoms with Crippen molar-refractivity contribution in [3.63, 3.8) is 0 Å². The minimum Gasteiger partial charge on any atom is -0.307 e. The zero-order chi connectivity index (χ0) is 21.5. The highest BCUT2D eigenvalue weighted by atomic mass is 35.5. The summed E-state index contributed by atoms with van der Waals surface area (Å²) in [7, 11) is 0. The Hall–Kier alpha value is -3.54. The monoisotopic (exact) mass is 442 g/mol. The maximum atomic E-state index is 12.0. The molecule has 1 aromatic heterocycles. The molecular weight excluding hydrogens is 427 g/mol. The van der Waals surface area contributed by atoms with Crippen LogP contribution in [0.4, 0.5) is 10.5 Å². The number of rotatable bonds is 5. The van der Waals surface area contributed by atoms with Gasteiger partial charge in [-0.15, -0.1) is 0 Å². The van der Waals surface area contributed by atoms with Crippen LogP contribution in [0.2, 0.25) is 10.0 Å². The van der Waals surface area contributed by atoms with Crippen molar-refractivity contribution in [1.82, 2.24) is 20.6 Å². The first kappa shape index (κ1) is 21.2. The summed E-state index contributed by atoms with van der Waals surface area (Å²) in [5.41, 5.74) is 6.76. The number of hydrogen-bond acceptors (Lipinski definition) is 4. The van der Waals surface area contributed by atoms with E-state index in [9.17, 15) is 14.9 Å². The van der Waals surface area contributed by atoms with Gasteiger partial charge >= 0.3 is 6.03 Å². The van der Waals surface area contributed by atoms with Gasteiger partial charge in [0.25, 0.3) is 0 Å². The van der Waals surface area contributed by atoms with Crippen molar-refractivity contribution in [3.8, 4) is 17.3 Å². The molecule has 3 N–H and O–H groups in total. The van der Waals surface area contributed by atoms with Crippen LogP contribution in [0.1, 0.15) is 12.0 Å². The Bertz CT molecular complexity index is 1110. The van der Waals surface area contributed by atoms with Gasteiger partial charge < -0.3 is 5.32 Å². The minimum atomic E-state index is -0.640. The van der Waals surface area contributed by atoms with Crippen LogP contribution in [-0.4, -0.2) is 21.7 Å². The molecule has 0 saturated carbocycles. The first-order valence-electron chi connectivity index (χ1n) is 8.80. The van der Waals surface area contributed by atoms with Gasteiger partial charge in [0.15, 0.2) is 0 Å². The molecule has 3 aromatic rings. The highest BCUT2D eigenvalue weighted by Gasteiger charge is 2.12. The fourth-order valence-electron chi connectivity index (χ4n) is 2.57. The summed E-state index contributed by atoms with van der Waals surface area (Å²) in [6.45, 7) is 0.240. The summed E-state index contributed by atoms with van der Waals surface area (Å²) in [6.07, 6.45) is 1.63. The van der Waals surface area contributed by atoms with E-state index in [-0.39, 0.29) is 13.0 Å². The molecule has 0 radical (unpaired) electrons. The van der Waals surface area contributed by atoms with Gasteiger partial charge in [-0.2, -0.15) is 10.4 Å². The van der Waals surface area contributed by atoms with E-state index in [1.54, 1.807) is 18.3 Å². The van der Waals surface area contributed by atoms with Crippen LogP contribution in [0.3, 0.4) is 0 Å². The van der Waals surface area contributed by atoms with Gasteiger partial charge in [-0.3, -0.25) is 14.9 Å². The van der Waals surface area contributed by atoms with Gasteiger partial charge in [0.05, 0.1) is 15.6 Å². The first-order valence-corrected chi connectivity index (χ1v) is 9.55. The largest absolute Gasteiger partial charge is 0.337 e. The summed E-state index contributed by atoms with van der Waals surface area (Å²) in [5.74, 6) is -0.422. The molecule has 2 aromatic carbocycles. The number of aromatic nitrogens is 2. The molecule has 0 atom stereocenters. The van der Waals surface area contributed by atoms with Gasteiger partial charge in [-0.05, 0) is 18.2 Å². The van der Waals surface area contributed by atoms with Crippen molar-refractivity contribution in [3.05, 3.63) is 70.3 Å². The maximum absolute atomic E-state index is 12.0. The smallest absolute Gasteiger partial charge is 0.307 e. The zero-order valence-corrected chi connectivity index (χ0v) is 17.0. The summed E-state index contributed by atoms with van der Waals surface area (Å²) in [6, 6.07) is 15.4. The highest BCUT2D eigenvalue weighted by Crippen LogP contribution is 2.25. The van der Waals surface area contributed by atoms with Crippen LogP contribution in [0.5, 0.6) is 0 Å². The molecule has 0 bridgehead atoms. The average Bonchev–Trinajstić information content (AvgIpc) is 3.17. The summed E-state index contributed by atoms with van der Waals surface area (Å²) in [4.78, 5) is 23.9. The number of nitrogens with zero attached hydrogens (tertiary/aromatic N) is 3. The third-order valence-corrected chi connectivity index (χ3v) is 4.73. The Balaban J connectivity index is 1.50. The number of aryl methyl sites for hydroxylation is 1. The number of hydrazine groups is 1. The number of benzene rings is 2. The fraction of sp³-hybridized carbons (Fsp3) is 0.100. The van der Waals surface area contributed by atoms with Crippen molar-refractivity contribution in [1.29, 1.82) is 5.26 Å². The summed E-state index contributed by atoms with van der Waals surface area (Å²) in [5, 5.41) is 16.9. The molecule has 3 amide bonds. The molecule has 0 spiro atoms. The third-order valence-electron chi connectivity index (χ3n) is 3.99. The number of urea groups is 1. The Morgan fingerprint density at radius 2 is 1.83 bits per heavy atom. The van der Waals surface area contributed by atoms with Crippen molar-refractivity contribution in [2.45, 2.75) is 13.0 Å². The minimum absolute atomic E-state index is 0.0494. The first-order chi connectivity index (χ1) is 14.5. The Kier molecular flexibility index (Phi) is 6.91. The number of hydrogen-bond donors (Lipinski definition) is 3. The number of nitriles is 1. The van der Waals surface area contributed by atoms with Crippen LogP contribution in [0, 0.1) is 11.3 Å². The lowest BCUT2D eigenvalue weighted by molar-refractivity contribution is -0.122. The topological polar surface area (TPSA) is 112 Å². The Morgan fingerprint density at radius 1 is 1.07 bits per heavy atom. The van der Waals surface area contributed by atoms with Gasteiger partial charge in [0.1, 0.15) is 11.8 Å². The van der Waals surface area contributed by atoms with E-state index < -0.39 is 11.9 Å². The van der Waals surface area contributed by atoms with E-state index >= 15 is 0 Å². The quantitative estimate of drug-likeness (QED) is 0.518. The maximum Gasteiger partial charge on any atom is 0.337 e. The van der Waals surface area contributed by atoms with E-state index in [2.05, 4.69) is 27.3 Å². The average molecular weight is 443 g/mol. The van der Waals surface area contributed by atoms with Gasteiger partial charge in [0, 0.05) is 30.4 Å². The van der Waals surface area contributed by atoms with Crippen molar-refractivity contribution in [2.24, 2.45) is 0 Å². The second-order valence-corrected chi connectivity index (χ2v) is 6.95. The molecule has 8 nitrogen and oxygen atoms in total. The molecule has 1 heterocycles. The fourth-order valence-corrected chi connectivity index (χ4v) is 2.87. The number of carbonyl (C=O) groups is 2. The predicted octanol–water partition coefficient (Wildman–Crippen LogP) is 3.97. The lowest BCUT2D eigenvalue weighted by Crippen LogP contribution is -2.44. The molecule has 0 aliphatic rings. The van der Waals surface area contributed by atoms with Gasteiger partial charge in [0.2, 0.25) is 5.91 Å². The summed E-state index contributed by atoms with van der Waals surface area (Å²) >= 11 is 11.7. The second kappa shape index (κ2) is 9.78. The SMILES string of the molecule is N#Cc1cn(CCC(=O)NNC(=O)Nc2ccc(Cl)c(Cl)c2)nc1-c1ccccc1. The van der Waals surface area contributed by atoms with Crippen LogP contribution in [0.15, 0.2) is 54.7 Å². The predicted molar refractivity (Wildman–Crippen MR) is 114 cm³/mol. The normalized spacial score (nSPS) is 10.2. The molecule has 30 heavy (non-hydrogen) atoms. The number of nitrogens with one attached hydrogen (secondary N) is 3. The molecule has 10 heteroatoms. The highest BCUT2D eigenvalue weighted by molar-refractivity contribution is 6.42. The molecule has 0 aliphatic carbocycles. The van der Waals surface area contributed by atoms with Gasteiger partial charge in [-0.1, -0.05) is 53.5 Å². The molecule has 0 fully saturated rings. The number of amides is 3. The second-order valence-electron chi connectivity index (χ2n) is 6.14. The molecule has 0 saturated heterocycles. The third kappa shape index (κ3) is 5.50. The van der Waals surface area contributed by atoms with E-state index in [1.165, 1.54) is 10.7 Å². The lowest BCUT2D eigenvalue weighted by atomic mass is 10.1. The lowest BCUT2D eigenvalue weighted by Gasteiger charge is -2.09. The van der Waals surface area contributed by atoms with E-state index in [0.717, 1.165) is 5.56 Å². The van der Waals surface area contributed by atoms with Crippen LogP contribution < -0.4 is 16.2 Å².